The number of H-pyrrole nitrogens is 1. The standard InChI is InChI=1S/C24H25F2N3O3Si/c1-33(2,3)12-11-32-14-29-20(15-7-9-27-23-16(15)8-10-28-23)13-18(24(30)31)22(29)17-5-4-6-19(25)21(17)26/h4-10,13H,11-12,14H2,1-3H3,(H,27,28)(H,30,31). The molecule has 0 amide bonds. The number of hydrogen-bond donors (Lipinski definition) is 2. The number of halogens is 2. The second kappa shape index (κ2) is 8.91. The molecule has 2 N–H and O–H groups in total. The number of pyridine rings is 1. The van der Waals surface area contributed by atoms with Crippen LogP contribution in [0.15, 0.2) is 48.8 Å². The van der Waals surface area contributed by atoms with E-state index in [9.17, 15) is 18.7 Å². The Morgan fingerprint density at radius 3 is 2.70 bits per heavy atom. The van der Waals surface area contributed by atoms with Gasteiger partial charge in [-0.15, -0.1) is 0 Å². The normalized spacial score (nSPS) is 11.9. The van der Waals surface area contributed by atoms with Crippen LogP contribution in [0.2, 0.25) is 25.7 Å². The Kier molecular flexibility index (Phi) is 6.18. The van der Waals surface area contributed by atoms with Gasteiger partial charge >= 0.3 is 5.97 Å². The third-order valence-electron chi connectivity index (χ3n) is 5.49. The summed E-state index contributed by atoms with van der Waals surface area (Å²) in [6.07, 6.45) is 3.35. The lowest BCUT2D eigenvalue weighted by Crippen LogP contribution is -2.22. The fourth-order valence-corrected chi connectivity index (χ4v) is 4.52. The number of carboxylic acid groups (broad SMARTS) is 1. The molecule has 33 heavy (non-hydrogen) atoms. The minimum Gasteiger partial charge on any atom is -0.478 e. The van der Waals surface area contributed by atoms with E-state index in [0.29, 0.717) is 23.5 Å². The van der Waals surface area contributed by atoms with Crippen molar-refractivity contribution in [1.82, 2.24) is 14.5 Å². The summed E-state index contributed by atoms with van der Waals surface area (Å²) in [4.78, 5) is 19.5. The minimum atomic E-state index is -1.36. The highest BCUT2D eigenvalue weighted by molar-refractivity contribution is 6.76. The number of ether oxygens (including phenoxy) is 1. The Hall–Kier alpha value is -3.30. The predicted molar refractivity (Wildman–Crippen MR) is 126 cm³/mol. The van der Waals surface area contributed by atoms with Gasteiger partial charge < -0.3 is 19.4 Å². The van der Waals surface area contributed by atoms with Gasteiger partial charge in [-0.1, -0.05) is 25.7 Å². The number of rotatable bonds is 8. The van der Waals surface area contributed by atoms with E-state index in [1.165, 1.54) is 18.2 Å². The molecule has 0 bridgehead atoms. The molecule has 0 radical (unpaired) electrons. The summed E-state index contributed by atoms with van der Waals surface area (Å²) in [5.74, 6) is -3.39. The highest BCUT2D eigenvalue weighted by Crippen LogP contribution is 2.37. The van der Waals surface area contributed by atoms with Crippen LogP contribution < -0.4 is 0 Å². The summed E-state index contributed by atoms with van der Waals surface area (Å²) in [5.41, 5.74) is 1.65. The van der Waals surface area contributed by atoms with Crippen molar-refractivity contribution in [1.29, 1.82) is 0 Å². The van der Waals surface area contributed by atoms with Crippen LogP contribution >= 0.6 is 0 Å². The number of carbonyl (C=O) groups is 1. The molecular formula is C24H25F2N3O3Si. The molecule has 4 rings (SSSR count). The summed E-state index contributed by atoms with van der Waals surface area (Å²) in [5, 5.41) is 10.7. The van der Waals surface area contributed by atoms with E-state index in [2.05, 4.69) is 29.6 Å². The Morgan fingerprint density at radius 1 is 1.18 bits per heavy atom. The Morgan fingerprint density at radius 2 is 1.97 bits per heavy atom. The molecule has 6 nitrogen and oxygen atoms in total. The van der Waals surface area contributed by atoms with E-state index in [1.54, 1.807) is 23.0 Å². The number of aromatic nitrogens is 3. The van der Waals surface area contributed by atoms with Crippen LogP contribution in [0.1, 0.15) is 10.4 Å². The summed E-state index contributed by atoms with van der Waals surface area (Å²) < 4.78 is 36.5. The number of benzene rings is 1. The van der Waals surface area contributed by atoms with Crippen LogP contribution in [0.3, 0.4) is 0 Å². The van der Waals surface area contributed by atoms with Gasteiger partial charge in [-0.3, -0.25) is 0 Å². The molecule has 0 fully saturated rings. The molecule has 0 saturated heterocycles. The first-order valence-electron chi connectivity index (χ1n) is 10.6. The number of fused-ring (bicyclic) bond motifs is 1. The number of carboxylic acids is 1. The van der Waals surface area contributed by atoms with Crippen molar-refractivity contribution in [2.75, 3.05) is 6.61 Å². The zero-order chi connectivity index (χ0) is 23.8. The van der Waals surface area contributed by atoms with E-state index in [0.717, 1.165) is 17.5 Å². The minimum absolute atomic E-state index is 0.00732. The van der Waals surface area contributed by atoms with Crippen molar-refractivity contribution in [3.05, 3.63) is 66.0 Å². The number of aromatic amines is 1. The molecule has 0 aliphatic rings. The molecule has 0 aliphatic heterocycles. The van der Waals surface area contributed by atoms with Gasteiger partial charge in [0.1, 0.15) is 12.4 Å². The van der Waals surface area contributed by atoms with E-state index < -0.39 is 25.7 Å². The third kappa shape index (κ3) is 4.60. The lowest BCUT2D eigenvalue weighted by atomic mass is 10.1. The van der Waals surface area contributed by atoms with Crippen molar-refractivity contribution in [3.63, 3.8) is 0 Å². The fraction of sp³-hybridized carbons (Fsp3) is 0.250. The molecule has 3 heterocycles. The van der Waals surface area contributed by atoms with Crippen molar-refractivity contribution in [2.45, 2.75) is 32.4 Å². The maximum Gasteiger partial charge on any atom is 0.337 e. The lowest BCUT2D eigenvalue weighted by Gasteiger charge is -2.18. The van der Waals surface area contributed by atoms with Crippen LogP contribution in [0.25, 0.3) is 33.5 Å². The van der Waals surface area contributed by atoms with Crippen LogP contribution in [-0.4, -0.2) is 40.3 Å². The summed E-state index contributed by atoms with van der Waals surface area (Å²) >= 11 is 0. The first kappa shape index (κ1) is 22.9. The average molecular weight is 470 g/mol. The molecule has 0 spiro atoms. The van der Waals surface area contributed by atoms with Crippen molar-refractivity contribution in [3.8, 4) is 22.5 Å². The second-order valence-corrected chi connectivity index (χ2v) is 14.7. The van der Waals surface area contributed by atoms with Gasteiger partial charge in [-0.2, -0.15) is 0 Å². The Bertz CT molecular complexity index is 1320. The second-order valence-electron chi connectivity index (χ2n) is 9.07. The van der Waals surface area contributed by atoms with Gasteiger partial charge in [0, 0.05) is 43.6 Å². The SMILES string of the molecule is C[Si](C)(C)CCOCn1c(-c2ccnc3[nH]ccc23)cc(C(=O)O)c1-c1cccc(F)c1F. The summed E-state index contributed by atoms with van der Waals surface area (Å²) in [7, 11) is -1.36. The largest absolute Gasteiger partial charge is 0.478 e. The number of hydrogen-bond acceptors (Lipinski definition) is 3. The zero-order valence-corrected chi connectivity index (χ0v) is 19.7. The van der Waals surface area contributed by atoms with E-state index >= 15 is 0 Å². The first-order valence-corrected chi connectivity index (χ1v) is 14.3. The molecule has 172 valence electrons. The highest BCUT2D eigenvalue weighted by atomic mass is 28.3. The van der Waals surface area contributed by atoms with Gasteiger partial charge in [-0.25, -0.2) is 18.6 Å². The van der Waals surface area contributed by atoms with Crippen molar-refractivity contribution < 1.29 is 23.4 Å². The van der Waals surface area contributed by atoms with Gasteiger partial charge in [-0.05, 0) is 36.4 Å². The maximum atomic E-state index is 14.8. The van der Waals surface area contributed by atoms with E-state index in [-0.39, 0.29) is 23.6 Å². The van der Waals surface area contributed by atoms with Crippen molar-refractivity contribution in [2.24, 2.45) is 0 Å². The van der Waals surface area contributed by atoms with E-state index in [4.69, 9.17) is 4.74 Å². The van der Waals surface area contributed by atoms with Crippen LogP contribution in [0.5, 0.6) is 0 Å². The molecule has 0 aliphatic carbocycles. The summed E-state index contributed by atoms with van der Waals surface area (Å²) in [6, 6.07) is 9.73. The zero-order valence-electron chi connectivity index (χ0n) is 18.7. The van der Waals surface area contributed by atoms with Gasteiger partial charge in [0.15, 0.2) is 11.6 Å². The van der Waals surface area contributed by atoms with Gasteiger partial charge in [0.2, 0.25) is 0 Å². The average Bonchev–Trinajstić information content (AvgIpc) is 3.37. The molecule has 0 atom stereocenters. The molecule has 0 saturated carbocycles. The number of nitrogens with one attached hydrogen (secondary N) is 1. The fourth-order valence-electron chi connectivity index (χ4n) is 3.76. The van der Waals surface area contributed by atoms with Gasteiger partial charge in [0.25, 0.3) is 0 Å². The predicted octanol–water partition coefficient (Wildman–Crippen LogP) is 5.99. The Labute approximate surface area is 190 Å². The molecular weight excluding hydrogens is 444 g/mol. The van der Waals surface area contributed by atoms with Crippen molar-refractivity contribution >= 4 is 25.1 Å². The summed E-state index contributed by atoms with van der Waals surface area (Å²) in [6.45, 7) is 7.16. The molecule has 4 aromatic rings. The highest BCUT2D eigenvalue weighted by Gasteiger charge is 2.26. The third-order valence-corrected chi connectivity index (χ3v) is 7.19. The molecule has 9 heteroatoms. The topological polar surface area (TPSA) is 80.1 Å². The maximum absolute atomic E-state index is 14.8. The number of nitrogens with zero attached hydrogens (tertiary/aromatic N) is 2. The van der Waals surface area contributed by atoms with Gasteiger partial charge in [0.05, 0.1) is 17.0 Å². The first-order chi connectivity index (χ1) is 15.7. The van der Waals surface area contributed by atoms with E-state index in [1.807, 2.05) is 6.07 Å². The van der Waals surface area contributed by atoms with Crippen LogP contribution in [0, 0.1) is 11.6 Å². The monoisotopic (exact) mass is 469 g/mol. The van der Waals surface area contributed by atoms with Crippen LogP contribution in [0.4, 0.5) is 8.78 Å². The smallest absolute Gasteiger partial charge is 0.337 e. The molecule has 1 aromatic carbocycles. The number of aromatic carboxylic acids is 1. The van der Waals surface area contributed by atoms with Crippen LogP contribution in [-0.2, 0) is 11.5 Å². The Balaban J connectivity index is 1.92. The quantitative estimate of drug-likeness (QED) is 0.245. The molecule has 0 unspecified atom stereocenters. The lowest BCUT2D eigenvalue weighted by molar-refractivity contribution is 0.0696. The molecule has 3 aromatic heterocycles.